The molecule has 0 saturated heterocycles. The van der Waals surface area contributed by atoms with E-state index in [2.05, 4.69) is 5.32 Å². The van der Waals surface area contributed by atoms with Crippen molar-refractivity contribution in [1.29, 1.82) is 0 Å². The highest BCUT2D eigenvalue weighted by Crippen LogP contribution is 1.37. The molecule has 0 aromatic heterocycles. The molecule has 0 aliphatic heterocycles. The van der Waals surface area contributed by atoms with Gasteiger partial charge in [0.1, 0.15) is 6.73 Å². The monoisotopic (exact) mass is 60.0 g/mol. The van der Waals surface area contributed by atoms with Gasteiger partial charge in [-0.1, -0.05) is 0 Å². The van der Waals surface area contributed by atoms with Gasteiger partial charge >= 0.3 is 0 Å². The summed E-state index contributed by atoms with van der Waals surface area (Å²) in [5, 5.41) is 10.0. The zero-order valence-electron chi connectivity index (χ0n) is 2.52. The first-order chi connectivity index (χ1) is 1.91. The fraction of sp³-hybridized carbons (Fsp3) is 0.500. The van der Waals surface area contributed by atoms with Gasteiger partial charge in [0.15, 0.2) is 0 Å². The van der Waals surface area contributed by atoms with Crippen LogP contribution < -0.4 is 5.32 Å². The number of aliphatic hydroxyl groups excluding tert-OH is 1. The van der Waals surface area contributed by atoms with Crippen LogP contribution in [0.25, 0.3) is 0 Å². The number of rotatable bonds is 1. The lowest BCUT2D eigenvalue weighted by atomic mass is 11.2. The predicted octanol–water partition coefficient (Wildman–Crippen LogP) is -0.302. The molecule has 0 amide bonds. The van der Waals surface area contributed by atoms with Crippen LogP contribution in [-0.2, 0) is 0 Å². The Bertz CT molecular complexity index is 8.00. The maximum absolute atomic E-state index is 7.64. The van der Waals surface area contributed by atoms with Crippen LogP contribution in [0, 0.1) is 6.73 Å². The minimum atomic E-state index is 0.875. The van der Waals surface area contributed by atoms with E-state index in [4.69, 9.17) is 5.11 Å². The smallest absolute Gasteiger partial charge is 0.144 e. The van der Waals surface area contributed by atoms with Crippen molar-refractivity contribution < 1.29 is 5.11 Å². The van der Waals surface area contributed by atoms with Crippen LogP contribution in [0.3, 0.4) is 0 Å². The summed E-state index contributed by atoms with van der Waals surface area (Å²) in [7, 11) is 1.62. The van der Waals surface area contributed by atoms with Crippen LogP contribution in [0.4, 0.5) is 0 Å². The zero-order chi connectivity index (χ0) is 3.41. The van der Waals surface area contributed by atoms with Crippen LogP contribution in [0.5, 0.6) is 0 Å². The highest BCUT2D eigenvalue weighted by Gasteiger charge is 1.53. The molecule has 0 aromatic rings. The van der Waals surface area contributed by atoms with Crippen molar-refractivity contribution in [3.8, 4) is 0 Å². The number of hydrogen-bond donors (Lipinski definition) is 2. The lowest BCUT2D eigenvalue weighted by molar-refractivity contribution is 0.362. The summed E-state index contributed by atoms with van der Waals surface area (Å²) in [6.07, 6.45) is 0. The van der Waals surface area contributed by atoms with E-state index in [1.54, 1.807) is 7.05 Å². The van der Waals surface area contributed by atoms with E-state index in [1.165, 1.54) is 0 Å². The molecule has 0 rings (SSSR count). The molecule has 1 radical (unpaired) electrons. The maximum atomic E-state index is 7.64. The third-order valence-electron chi connectivity index (χ3n) is 0.129. The lowest BCUT2D eigenvalue weighted by Crippen LogP contribution is -1.97. The minimum Gasteiger partial charge on any atom is -0.374 e. The van der Waals surface area contributed by atoms with Gasteiger partial charge in [0.05, 0.1) is 0 Å². The quantitative estimate of drug-likeness (QED) is 0.435. The van der Waals surface area contributed by atoms with Gasteiger partial charge in [0.25, 0.3) is 0 Å². The Morgan fingerprint density at radius 3 is 2.25 bits per heavy atom. The van der Waals surface area contributed by atoms with Crippen molar-refractivity contribution in [1.82, 2.24) is 5.32 Å². The summed E-state index contributed by atoms with van der Waals surface area (Å²) in [4.78, 5) is 0. The van der Waals surface area contributed by atoms with Crippen molar-refractivity contribution in [2.45, 2.75) is 0 Å². The lowest BCUT2D eigenvalue weighted by Gasteiger charge is -1.74. The van der Waals surface area contributed by atoms with Crippen molar-refractivity contribution in [3.63, 3.8) is 0 Å². The summed E-state index contributed by atoms with van der Waals surface area (Å²) in [6, 6.07) is 0. The molecule has 0 bridgehead atoms. The first-order valence-electron chi connectivity index (χ1n) is 1.05. The summed E-state index contributed by atoms with van der Waals surface area (Å²) in [5.74, 6) is 0. The second-order valence-electron chi connectivity index (χ2n) is 0.418. The van der Waals surface area contributed by atoms with E-state index in [9.17, 15) is 0 Å². The van der Waals surface area contributed by atoms with Crippen molar-refractivity contribution in [3.05, 3.63) is 6.73 Å². The van der Waals surface area contributed by atoms with Gasteiger partial charge in [-0.3, -0.25) is 5.32 Å². The Morgan fingerprint density at radius 1 is 2.00 bits per heavy atom. The molecule has 0 spiro atoms. The highest BCUT2D eigenvalue weighted by atomic mass is 16.3. The van der Waals surface area contributed by atoms with Crippen molar-refractivity contribution >= 4 is 0 Å². The first-order valence-corrected chi connectivity index (χ1v) is 1.05. The molecular formula is C2H6NO. The van der Waals surface area contributed by atoms with E-state index < -0.39 is 0 Å². The molecule has 0 atom stereocenters. The molecule has 2 nitrogen and oxygen atoms in total. The number of hydrogen-bond acceptors (Lipinski definition) is 2. The molecule has 25 valence electrons. The Hall–Kier alpha value is -0.0800. The van der Waals surface area contributed by atoms with E-state index in [1.807, 2.05) is 0 Å². The van der Waals surface area contributed by atoms with Crippen LogP contribution >= 0.6 is 0 Å². The van der Waals surface area contributed by atoms with Gasteiger partial charge in [-0.2, -0.15) is 0 Å². The van der Waals surface area contributed by atoms with Crippen molar-refractivity contribution in [2.24, 2.45) is 0 Å². The average Bonchev–Trinajstić information content (AvgIpc) is 1.37. The first kappa shape index (κ1) is 3.92. The van der Waals surface area contributed by atoms with Crippen LogP contribution in [-0.4, -0.2) is 12.2 Å². The summed E-state index contributed by atoms with van der Waals surface area (Å²) in [6.45, 7) is 0.875. The molecule has 2 N–H and O–H groups in total. The molecule has 0 aliphatic carbocycles. The largest absolute Gasteiger partial charge is 0.374 e. The predicted molar refractivity (Wildman–Crippen MR) is 15.3 cm³/mol. The van der Waals surface area contributed by atoms with Gasteiger partial charge in [-0.25, -0.2) is 0 Å². The fourth-order valence-corrected chi connectivity index (χ4v) is 0. The highest BCUT2D eigenvalue weighted by molar-refractivity contribution is 4.25. The van der Waals surface area contributed by atoms with E-state index in [0.717, 1.165) is 6.73 Å². The maximum Gasteiger partial charge on any atom is 0.144 e. The molecule has 4 heavy (non-hydrogen) atoms. The number of nitrogens with one attached hydrogen (secondary N) is 1. The summed E-state index contributed by atoms with van der Waals surface area (Å²) < 4.78 is 0. The number of aliphatic hydroxyl groups is 1. The summed E-state index contributed by atoms with van der Waals surface area (Å²) in [5.41, 5.74) is 0. The molecule has 0 aromatic carbocycles. The molecule has 0 aliphatic rings. The zero-order valence-corrected chi connectivity index (χ0v) is 2.52. The third-order valence-corrected chi connectivity index (χ3v) is 0.129. The molecule has 0 saturated carbocycles. The van der Waals surface area contributed by atoms with E-state index in [-0.39, 0.29) is 0 Å². The van der Waals surface area contributed by atoms with Gasteiger partial charge in [0, 0.05) is 0 Å². The Labute approximate surface area is 25.4 Å². The Morgan fingerprint density at radius 2 is 2.25 bits per heavy atom. The SMILES string of the molecule is CN[CH]O. The standard InChI is InChI=1S/C2H6NO/c1-3-2-4/h2-4H,1H3. The fourth-order valence-electron chi connectivity index (χ4n) is 0. The second-order valence-corrected chi connectivity index (χ2v) is 0.418. The summed E-state index contributed by atoms with van der Waals surface area (Å²) >= 11 is 0. The van der Waals surface area contributed by atoms with Gasteiger partial charge < -0.3 is 5.11 Å². The van der Waals surface area contributed by atoms with Crippen LogP contribution in [0.1, 0.15) is 0 Å². The van der Waals surface area contributed by atoms with E-state index in [0.29, 0.717) is 0 Å². The molecule has 0 heterocycles. The molecule has 2 heteroatoms. The Kier molecular flexibility index (Phi) is 2.86. The average molecular weight is 60.1 g/mol. The molecule has 0 fully saturated rings. The Balaban J connectivity index is 1.97. The minimum absolute atomic E-state index is 0.875. The van der Waals surface area contributed by atoms with Gasteiger partial charge in [0.2, 0.25) is 0 Å². The second kappa shape index (κ2) is 2.92. The van der Waals surface area contributed by atoms with Gasteiger partial charge in [-0.05, 0) is 7.05 Å². The molecular weight excluding hydrogens is 54.0 g/mol. The molecule has 0 unspecified atom stereocenters. The van der Waals surface area contributed by atoms with Crippen molar-refractivity contribution in [2.75, 3.05) is 7.05 Å². The third kappa shape index (κ3) is 1.92. The van der Waals surface area contributed by atoms with Gasteiger partial charge in [-0.15, -0.1) is 0 Å². The normalized spacial score (nSPS) is 7.50. The topological polar surface area (TPSA) is 32.3 Å². The van der Waals surface area contributed by atoms with E-state index >= 15 is 0 Å². The van der Waals surface area contributed by atoms with Crippen LogP contribution in [0.15, 0.2) is 0 Å². The van der Waals surface area contributed by atoms with Crippen LogP contribution in [0.2, 0.25) is 0 Å².